The predicted octanol–water partition coefficient (Wildman–Crippen LogP) is 0.252. The number of carbonyl (C=O) groups is 2. The molecule has 0 aromatic carbocycles. The van der Waals surface area contributed by atoms with Gasteiger partial charge in [-0.2, -0.15) is 0 Å². The van der Waals surface area contributed by atoms with Crippen LogP contribution in [0, 0.1) is 5.41 Å². The molecule has 0 aliphatic heterocycles. The van der Waals surface area contributed by atoms with Gasteiger partial charge in [-0.1, -0.05) is 6.92 Å². The quantitative estimate of drug-likeness (QED) is 0.481. The van der Waals surface area contributed by atoms with Gasteiger partial charge in [-0.25, -0.2) is 0 Å². The summed E-state index contributed by atoms with van der Waals surface area (Å²) in [5, 5.41) is 18.4. The van der Waals surface area contributed by atoms with E-state index >= 15 is 0 Å². The minimum absolute atomic E-state index is 0.134. The summed E-state index contributed by atoms with van der Waals surface area (Å²) in [6.07, 6.45) is -1.24. The van der Waals surface area contributed by atoms with E-state index in [1.807, 2.05) is 0 Å². The molecule has 106 valence electrons. The SMILES string of the molecule is CCOC(=O)C(CC)(CC(O)CO)C(=O)OCC. The summed E-state index contributed by atoms with van der Waals surface area (Å²) in [4.78, 5) is 23.9. The van der Waals surface area contributed by atoms with Crippen molar-refractivity contribution in [2.75, 3.05) is 19.8 Å². The minimum atomic E-state index is -1.55. The topological polar surface area (TPSA) is 93.1 Å². The fraction of sp³-hybridized carbons (Fsp3) is 0.833. The first kappa shape index (κ1) is 16.9. The van der Waals surface area contributed by atoms with Gasteiger partial charge in [-0.05, 0) is 20.3 Å². The average molecular weight is 262 g/mol. The molecule has 0 aliphatic carbocycles. The van der Waals surface area contributed by atoms with Crippen molar-refractivity contribution in [2.45, 2.75) is 39.7 Å². The molecule has 0 bridgehead atoms. The van der Waals surface area contributed by atoms with E-state index in [2.05, 4.69) is 0 Å². The van der Waals surface area contributed by atoms with Crippen LogP contribution in [-0.2, 0) is 19.1 Å². The summed E-state index contributed by atoms with van der Waals surface area (Å²) in [6, 6.07) is 0. The predicted molar refractivity (Wildman–Crippen MR) is 63.7 cm³/mol. The number of aliphatic hydroxyl groups excluding tert-OH is 2. The molecule has 0 saturated carbocycles. The molecule has 18 heavy (non-hydrogen) atoms. The van der Waals surface area contributed by atoms with Crippen LogP contribution in [0.2, 0.25) is 0 Å². The summed E-state index contributed by atoms with van der Waals surface area (Å²) >= 11 is 0. The van der Waals surface area contributed by atoms with Gasteiger partial charge in [0.1, 0.15) is 0 Å². The standard InChI is InChI=1S/C12H22O6/c1-4-12(7-9(14)8-13,10(15)17-5-2)11(16)18-6-3/h9,13-14H,4-8H2,1-3H3. The lowest BCUT2D eigenvalue weighted by molar-refractivity contribution is -0.175. The largest absolute Gasteiger partial charge is 0.465 e. The first-order chi connectivity index (χ1) is 8.48. The molecule has 0 aliphatic rings. The van der Waals surface area contributed by atoms with E-state index in [-0.39, 0.29) is 26.1 Å². The summed E-state index contributed by atoms with van der Waals surface area (Å²) in [5.74, 6) is -1.45. The Morgan fingerprint density at radius 2 is 1.56 bits per heavy atom. The van der Waals surface area contributed by atoms with Crippen LogP contribution in [0.15, 0.2) is 0 Å². The smallest absolute Gasteiger partial charge is 0.323 e. The van der Waals surface area contributed by atoms with Crippen molar-refractivity contribution in [2.24, 2.45) is 5.41 Å². The zero-order valence-corrected chi connectivity index (χ0v) is 11.1. The van der Waals surface area contributed by atoms with Crippen molar-refractivity contribution < 1.29 is 29.3 Å². The third kappa shape index (κ3) is 3.96. The van der Waals surface area contributed by atoms with Gasteiger partial charge < -0.3 is 19.7 Å². The van der Waals surface area contributed by atoms with E-state index in [0.717, 1.165) is 0 Å². The van der Waals surface area contributed by atoms with Crippen LogP contribution < -0.4 is 0 Å². The summed E-state index contributed by atoms with van der Waals surface area (Å²) in [6.45, 7) is 4.64. The second kappa shape index (κ2) is 8.05. The average Bonchev–Trinajstić information content (AvgIpc) is 2.36. The molecule has 0 heterocycles. The number of hydrogen-bond acceptors (Lipinski definition) is 6. The normalized spacial score (nSPS) is 12.9. The van der Waals surface area contributed by atoms with Crippen molar-refractivity contribution in [3.05, 3.63) is 0 Å². The van der Waals surface area contributed by atoms with Gasteiger partial charge in [-0.3, -0.25) is 9.59 Å². The van der Waals surface area contributed by atoms with Crippen molar-refractivity contribution in [3.8, 4) is 0 Å². The molecule has 0 aromatic heterocycles. The monoisotopic (exact) mass is 262 g/mol. The molecule has 1 unspecified atom stereocenters. The van der Waals surface area contributed by atoms with Crippen molar-refractivity contribution >= 4 is 11.9 Å². The van der Waals surface area contributed by atoms with E-state index in [0.29, 0.717) is 0 Å². The highest BCUT2D eigenvalue weighted by atomic mass is 16.6. The summed E-state index contributed by atoms with van der Waals surface area (Å²) in [5.41, 5.74) is -1.55. The van der Waals surface area contributed by atoms with E-state index in [1.54, 1.807) is 20.8 Å². The molecule has 0 rings (SSSR count). The van der Waals surface area contributed by atoms with Crippen LogP contribution >= 0.6 is 0 Å². The van der Waals surface area contributed by atoms with Gasteiger partial charge in [0.2, 0.25) is 0 Å². The van der Waals surface area contributed by atoms with Crippen molar-refractivity contribution in [1.82, 2.24) is 0 Å². The molecular formula is C12H22O6. The lowest BCUT2D eigenvalue weighted by Crippen LogP contribution is -2.44. The molecule has 0 fully saturated rings. The highest BCUT2D eigenvalue weighted by Crippen LogP contribution is 2.32. The Hall–Kier alpha value is -1.14. The number of rotatable bonds is 8. The maximum Gasteiger partial charge on any atom is 0.323 e. The highest BCUT2D eigenvalue weighted by molar-refractivity contribution is 6.00. The zero-order valence-electron chi connectivity index (χ0n) is 11.1. The Kier molecular flexibility index (Phi) is 7.54. The van der Waals surface area contributed by atoms with E-state index in [9.17, 15) is 14.7 Å². The molecule has 1 atom stereocenters. The Morgan fingerprint density at radius 3 is 1.83 bits per heavy atom. The number of carbonyl (C=O) groups excluding carboxylic acids is 2. The lowest BCUT2D eigenvalue weighted by atomic mass is 9.79. The fourth-order valence-corrected chi connectivity index (χ4v) is 1.69. The van der Waals surface area contributed by atoms with Crippen LogP contribution in [0.1, 0.15) is 33.6 Å². The molecule has 0 amide bonds. The lowest BCUT2D eigenvalue weighted by Gasteiger charge is -2.29. The number of ether oxygens (including phenoxy) is 2. The number of hydrogen-bond donors (Lipinski definition) is 2. The van der Waals surface area contributed by atoms with Crippen molar-refractivity contribution in [1.29, 1.82) is 0 Å². The number of aliphatic hydroxyl groups is 2. The first-order valence-electron chi connectivity index (χ1n) is 6.11. The van der Waals surface area contributed by atoms with E-state index in [1.165, 1.54) is 0 Å². The zero-order chi connectivity index (χ0) is 14.2. The molecule has 0 saturated heterocycles. The van der Waals surface area contributed by atoms with Crippen LogP contribution in [0.3, 0.4) is 0 Å². The van der Waals surface area contributed by atoms with Crippen LogP contribution in [0.4, 0.5) is 0 Å². The third-order valence-electron chi connectivity index (χ3n) is 2.73. The molecule has 0 radical (unpaired) electrons. The fourth-order valence-electron chi connectivity index (χ4n) is 1.69. The molecular weight excluding hydrogens is 240 g/mol. The first-order valence-corrected chi connectivity index (χ1v) is 6.11. The second-order valence-corrected chi connectivity index (χ2v) is 3.92. The maximum atomic E-state index is 11.9. The number of esters is 2. The highest BCUT2D eigenvalue weighted by Gasteiger charge is 2.48. The summed E-state index contributed by atoms with van der Waals surface area (Å²) < 4.78 is 9.76. The third-order valence-corrected chi connectivity index (χ3v) is 2.73. The van der Waals surface area contributed by atoms with Crippen molar-refractivity contribution in [3.63, 3.8) is 0 Å². The molecule has 0 spiro atoms. The van der Waals surface area contributed by atoms with Gasteiger partial charge >= 0.3 is 11.9 Å². The summed E-state index contributed by atoms with van der Waals surface area (Å²) in [7, 11) is 0. The van der Waals surface area contributed by atoms with Gasteiger partial charge in [0.15, 0.2) is 5.41 Å². The Balaban J connectivity index is 5.18. The van der Waals surface area contributed by atoms with Gasteiger partial charge in [0.05, 0.1) is 25.9 Å². The maximum absolute atomic E-state index is 11.9. The van der Waals surface area contributed by atoms with Gasteiger partial charge in [-0.15, -0.1) is 0 Å². The van der Waals surface area contributed by atoms with Crippen LogP contribution in [0.5, 0.6) is 0 Å². The van der Waals surface area contributed by atoms with Crippen LogP contribution in [0.25, 0.3) is 0 Å². The Labute approximate surface area is 107 Å². The Morgan fingerprint density at radius 1 is 1.11 bits per heavy atom. The molecule has 6 heteroatoms. The minimum Gasteiger partial charge on any atom is -0.465 e. The molecule has 6 nitrogen and oxygen atoms in total. The van der Waals surface area contributed by atoms with E-state index < -0.39 is 30.1 Å². The van der Waals surface area contributed by atoms with Crippen LogP contribution in [-0.4, -0.2) is 48.1 Å². The van der Waals surface area contributed by atoms with Gasteiger partial charge in [0.25, 0.3) is 0 Å². The Bertz CT molecular complexity index is 258. The molecule has 0 aromatic rings. The van der Waals surface area contributed by atoms with E-state index in [4.69, 9.17) is 14.6 Å². The molecule has 2 N–H and O–H groups in total. The van der Waals surface area contributed by atoms with Gasteiger partial charge in [0, 0.05) is 6.42 Å². The second-order valence-electron chi connectivity index (χ2n) is 3.92.